The molecule has 92 valence electrons. The van der Waals surface area contributed by atoms with Crippen LogP contribution in [0.25, 0.3) is 0 Å². The van der Waals surface area contributed by atoms with E-state index in [2.05, 4.69) is 17.6 Å². The molecule has 2 amide bonds. The highest BCUT2D eigenvalue weighted by atomic mass is 16.4. The number of amides is 2. The minimum Gasteiger partial charge on any atom is -0.480 e. The second kappa shape index (κ2) is 6.35. The number of aliphatic carboxylic acids is 1. The average molecular weight is 228 g/mol. The van der Waals surface area contributed by atoms with Gasteiger partial charge in [0.15, 0.2) is 0 Å². The summed E-state index contributed by atoms with van der Waals surface area (Å²) >= 11 is 0. The van der Waals surface area contributed by atoms with Gasteiger partial charge in [0, 0.05) is 6.04 Å². The van der Waals surface area contributed by atoms with Crippen LogP contribution in [-0.2, 0) is 4.79 Å². The first kappa shape index (κ1) is 12.8. The maximum atomic E-state index is 11.3. The van der Waals surface area contributed by atoms with Crippen LogP contribution < -0.4 is 10.6 Å². The van der Waals surface area contributed by atoms with Gasteiger partial charge in [-0.15, -0.1) is 0 Å². The number of nitrogens with one attached hydrogen (secondary N) is 2. The molecule has 0 aliphatic heterocycles. The van der Waals surface area contributed by atoms with E-state index in [1.165, 1.54) is 6.42 Å². The van der Waals surface area contributed by atoms with Crippen molar-refractivity contribution in [1.29, 1.82) is 0 Å². The molecule has 0 radical (unpaired) electrons. The molecule has 3 N–H and O–H groups in total. The smallest absolute Gasteiger partial charge is 0.323 e. The highest BCUT2D eigenvalue weighted by Gasteiger charge is 2.21. The predicted molar refractivity (Wildman–Crippen MR) is 60.2 cm³/mol. The quantitative estimate of drug-likeness (QED) is 0.679. The molecule has 0 spiro atoms. The molecule has 5 nitrogen and oxygen atoms in total. The molecule has 1 aliphatic carbocycles. The second-order valence-corrected chi connectivity index (χ2v) is 4.36. The number of urea groups is 1. The van der Waals surface area contributed by atoms with Crippen LogP contribution in [-0.4, -0.2) is 29.7 Å². The molecule has 0 aromatic heterocycles. The number of carbonyl (C=O) groups excluding carboxylic acids is 1. The van der Waals surface area contributed by atoms with Crippen molar-refractivity contribution in [3.63, 3.8) is 0 Å². The topological polar surface area (TPSA) is 78.4 Å². The van der Waals surface area contributed by atoms with Crippen molar-refractivity contribution in [2.24, 2.45) is 5.92 Å². The van der Waals surface area contributed by atoms with E-state index in [1.807, 2.05) is 0 Å². The van der Waals surface area contributed by atoms with Crippen LogP contribution >= 0.6 is 0 Å². The van der Waals surface area contributed by atoms with Gasteiger partial charge in [-0.25, -0.2) is 4.79 Å². The Kier molecular flexibility index (Phi) is 5.08. The summed E-state index contributed by atoms with van der Waals surface area (Å²) in [6.07, 6.45) is 5.54. The molecular formula is C11H20N2O3. The van der Waals surface area contributed by atoms with Crippen LogP contribution in [0.15, 0.2) is 0 Å². The van der Waals surface area contributed by atoms with E-state index < -0.39 is 5.97 Å². The highest BCUT2D eigenvalue weighted by molar-refractivity contribution is 5.79. The minimum atomic E-state index is -1.02. The molecule has 5 heteroatoms. The van der Waals surface area contributed by atoms with Crippen LogP contribution in [0.5, 0.6) is 0 Å². The van der Waals surface area contributed by atoms with Crippen molar-refractivity contribution in [2.45, 2.75) is 45.1 Å². The molecule has 0 saturated heterocycles. The number of carbonyl (C=O) groups is 2. The van der Waals surface area contributed by atoms with Gasteiger partial charge in [0.1, 0.15) is 6.54 Å². The average Bonchev–Trinajstić information content (AvgIpc) is 2.26. The zero-order valence-corrected chi connectivity index (χ0v) is 9.66. The van der Waals surface area contributed by atoms with Gasteiger partial charge < -0.3 is 15.7 Å². The molecule has 0 aromatic rings. The monoisotopic (exact) mass is 228 g/mol. The first-order valence-corrected chi connectivity index (χ1v) is 5.88. The number of rotatable bonds is 4. The van der Waals surface area contributed by atoms with E-state index in [0.717, 1.165) is 25.7 Å². The number of hydrogen-bond donors (Lipinski definition) is 3. The van der Waals surface area contributed by atoms with Crippen molar-refractivity contribution < 1.29 is 14.7 Å². The van der Waals surface area contributed by atoms with Crippen molar-refractivity contribution in [3.8, 4) is 0 Å². The Morgan fingerprint density at radius 2 is 2.12 bits per heavy atom. The van der Waals surface area contributed by atoms with Crippen LogP contribution in [0.1, 0.15) is 39.0 Å². The lowest BCUT2D eigenvalue weighted by molar-refractivity contribution is -0.135. The minimum absolute atomic E-state index is 0.201. The van der Waals surface area contributed by atoms with Gasteiger partial charge in [-0.2, -0.15) is 0 Å². The summed E-state index contributed by atoms with van der Waals surface area (Å²) in [5, 5.41) is 13.5. The van der Waals surface area contributed by atoms with E-state index in [9.17, 15) is 9.59 Å². The van der Waals surface area contributed by atoms with E-state index >= 15 is 0 Å². The fourth-order valence-corrected chi connectivity index (χ4v) is 2.19. The van der Waals surface area contributed by atoms with Gasteiger partial charge in [-0.1, -0.05) is 26.2 Å². The summed E-state index contributed by atoms with van der Waals surface area (Å²) in [6.45, 7) is 1.84. The summed E-state index contributed by atoms with van der Waals surface area (Å²) < 4.78 is 0. The molecule has 0 heterocycles. The lowest BCUT2D eigenvalue weighted by Crippen LogP contribution is -2.45. The highest BCUT2D eigenvalue weighted by Crippen LogP contribution is 2.26. The van der Waals surface area contributed by atoms with Crippen molar-refractivity contribution in [2.75, 3.05) is 6.54 Å². The Labute approximate surface area is 95.6 Å². The molecule has 0 aromatic carbocycles. The van der Waals surface area contributed by atoms with Gasteiger partial charge in [0.25, 0.3) is 0 Å². The maximum absolute atomic E-state index is 11.3. The van der Waals surface area contributed by atoms with Crippen molar-refractivity contribution >= 4 is 12.0 Å². The molecule has 1 fully saturated rings. The zero-order valence-electron chi connectivity index (χ0n) is 9.66. The predicted octanol–water partition coefficient (Wildman–Crippen LogP) is 1.34. The van der Waals surface area contributed by atoms with Gasteiger partial charge >= 0.3 is 12.0 Å². The SMILES string of the molecule is CCC1CCCC(NC(=O)NCC(=O)O)C1. The van der Waals surface area contributed by atoms with Crippen LogP contribution in [0.2, 0.25) is 0 Å². The van der Waals surface area contributed by atoms with E-state index in [4.69, 9.17) is 5.11 Å². The third-order valence-corrected chi connectivity index (χ3v) is 3.10. The van der Waals surface area contributed by atoms with Gasteiger partial charge in [0.05, 0.1) is 0 Å². The Balaban J connectivity index is 2.25. The molecular weight excluding hydrogens is 208 g/mol. The largest absolute Gasteiger partial charge is 0.480 e. The second-order valence-electron chi connectivity index (χ2n) is 4.36. The Bertz CT molecular complexity index is 256. The summed E-state index contributed by atoms with van der Waals surface area (Å²) in [6, 6.07) is -0.170. The lowest BCUT2D eigenvalue weighted by atomic mass is 9.84. The van der Waals surface area contributed by atoms with Gasteiger partial charge in [-0.3, -0.25) is 4.79 Å². The van der Waals surface area contributed by atoms with E-state index in [0.29, 0.717) is 5.92 Å². The molecule has 1 aliphatic rings. The standard InChI is InChI=1S/C11H20N2O3/c1-2-8-4-3-5-9(6-8)13-11(16)12-7-10(14)15/h8-9H,2-7H2,1H3,(H,14,15)(H2,12,13,16). The number of carboxylic acids is 1. The Morgan fingerprint density at radius 1 is 1.38 bits per heavy atom. The third-order valence-electron chi connectivity index (χ3n) is 3.10. The molecule has 1 saturated carbocycles. The normalized spacial score (nSPS) is 24.8. The van der Waals surface area contributed by atoms with Crippen LogP contribution in [0.3, 0.4) is 0 Å². The van der Waals surface area contributed by atoms with Crippen LogP contribution in [0, 0.1) is 5.92 Å². The Hall–Kier alpha value is -1.26. The van der Waals surface area contributed by atoms with Gasteiger partial charge in [0.2, 0.25) is 0 Å². The molecule has 0 bridgehead atoms. The van der Waals surface area contributed by atoms with Gasteiger partial charge in [-0.05, 0) is 18.8 Å². The third kappa shape index (κ3) is 4.51. The van der Waals surface area contributed by atoms with E-state index in [-0.39, 0.29) is 18.6 Å². The summed E-state index contributed by atoms with van der Waals surface area (Å²) in [4.78, 5) is 21.6. The van der Waals surface area contributed by atoms with Crippen LogP contribution in [0.4, 0.5) is 4.79 Å². The summed E-state index contributed by atoms with van der Waals surface area (Å²) in [5.41, 5.74) is 0. The lowest BCUT2D eigenvalue weighted by Gasteiger charge is -2.28. The van der Waals surface area contributed by atoms with E-state index in [1.54, 1.807) is 0 Å². The first-order valence-electron chi connectivity index (χ1n) is 5.88. The molecule has 2 unspecified atom stereocenters. The Morgan fingerprint density at radius 3 is 2.75 bits per heavy atom. The molecule has 1 rings (SSSR count). The van der Waals surface area contributed by atoms with Crippen molar-refractivity contribution in [3.05, 3.63) is 0 Å². The summed E-state index contributed by atoms with van der Waals surface area (Å²) in [7, 11) is 0. The van der Waals surface area contributed by atoms with Crippen molar-refractivity contribution in [1.82, 2.24) is 10.6 Å². The first-order chi connectivity index (χ1) is 7.61. The molecule has 16 heavy (non-hydrogen) atoms. The number of hydrogen-bond acceptors (Lipinski definition) is 2. The number of carboxylic acid groups (broad SMARTS) is 1. The molecule has 2 atom stereocenters. The fourth-order valence-electron chi connectivity index (χ4n) is 2.19. The summed E-state index contributed by atoms with van der Waals surface area (Å²) in [5.74, 6) is -0.330. The zero-order chi connectivity index (χ0) is 12.0. The fraction of sp³-hybridized carbons (Fsp3) is 0.818. The maximum Gasteiger partial charge on any atom is 0.323 e.